The number of nitrogens with one attached hydrogen (secondary N) is 1. The van der Waals surface area contributed by atoms with Gasteiger partial charge in [-0.2, -0.15) is 0 Å². The maximum absolute atomic E-state index is 12.6. The molecule has 1 amide bonds. The molecule has 0 spiro atoms. The van der Waals surface area contributed by atoms with Gasteiger partial charge >= 0.3 is 0 Å². The van der Waals surface area contributed by atoms with Crippen LogP contribution < -0.4 is 5.32 Å². The molecule has 4 heteroatoms. The predicted octanol–water partition coefficient (Wildman–Crippen LogP) is 3.48. The van der Waals surface area contributed by atoms with E-state index >= 15 is 0 Å². The molecule has 3 rings (SSSR count). The summed E-state index contributed by atoms with van der Waals surface area (Å²) < 4.78 is 0.879. The second kappa shape index (κ2) is 4.87. The second-order valence-electron chi connectivity index (χ2n) is 4.89. The number of hydrogen-bond donors (Lipinski definition) is 1. The summed E-state index contributed by atoms with van der Waals surface area (Å²) in [6.45, 7) is 1.91. The molecule has 0 aromatic heterocycles. The summed E-state index contributed by atoms with van der Waals surface area (Å²) in [5.41, 5.74) is 3.91. The zero-order chi connectivity index (χ0) is 14.3. The number of halogens is 1. The van der Waals surface area contributed by atoms with E-state index in [-0.39, 0.29) is 11.7 Å². The standard InChI is InChI=1S/C16H12BrNO2/c1-9-2-4-12(17)8-13(9)16(20)10-3-5-14-11(6-10)7-15(19)18-14/h2-6,8H,7H2,1H3,(H,18,19). The third kappa shape index (κ3) is 2.27. The van der Waals surface area contributed by atoms with E-state index in [2.05, 4.69) is 21.2 Å². The van der Waals surface area contributed by atoms with Crippen molar-refractivity contribution in [2.45, 2.75) is 13.3 Å². The van der Waals surface area contributed by atoms with Gasteiger partial charge < -0.3 is 5.32 Å². The summed E-state index contributed by atoms with van der Waals surface area (Å²) in [4.78, 5) is 23.9. The Morgan fingerprint density at radius 2 is 2.00 bits per heavy atom. The minimum atomic E-state index is -0.0248. The molecular weight excluding hydrogens is 318 g/mol. The van der Waals surface area contributed by atoms with Crippen molar-refractivity contribution in [2.75, 3.05) is 5.32 Å². The van der Waals surface area contributed by atoms with Gasteiger partial charge in [-0.25, -0.2) is 0 Å². The number of rotatable bonds is 2. The van der Waals surface area contributed by atoms with Crippen LogP contribution in [0.5, 0.6) is 0 Å². The van der Waals surface area contributed by atoms with Crippen LogP contribution in [-0.2, 0) is 11.2 Å². The lowest BCUT2D eigenvalue weighted by molar-refractivity contribution is -0.115. The fraction of sp³-hybridized carbons (Fsp3) is 0.125. The lowest BCUT2D eigenvalue weighted by Gasteiger charge is -2.07. The largest absolute Gasteiger partial charge is 0.326 e. The van der Waals surface area contributed by atoms with Gasteiger partial charge in [-0.05, 0) is 48.4 Å². The van der Waals surface area contributed by atoms with Crippen LogP contribution in [0.3, 0.4) is 0 Å². The highest BCUT2D eigenvalue weighted by Crippen LogP contribution is 2.26. The van der Waals surface area contributed by atoms with Crippen molar-refractivity contribution >= 4 is 33.3 Å². The highest BCUT2D eigenvalue weighted by atomic mass is 79.9. The molecule has 1 aliphatic rings. The zero-order valence-electron chi connectivity index (χ0n) is 10.9. The maximum Gasteiger partial charge on any atom is 0.228 e. The van der Waals surface area contributed by atoms with Gasteiger partial charge in [0.15, 0.2) is 5.78 Å². The van der Waals surface area contributed by atoms with Crippen LogP contribution in [0.2, 0.25) is 0 Å². The Balaban J connectivity index is 2.01. The van der Waals surface area contributed by atoms with Gasteiger partial charge in [0.05, 0.1) is 6.42 Å². The lowest BCUT2D eigenvalue weighted by atomic mass is 9.97. The average Bonchev–Trinajstić information content (AvgIpc) is 2.79. The van der Waals surface area contributed by atoms with Crippen molar-refractivity contribution in [3.63, 3.8) is 0 Å². The third-order valence-electron chi connectivity index (χ3n) is 3.44. The number of fused-ring (bicyclic) bond motifs is 1. The van der Waals surface area contributed by atoms with E-state index in [0.29, 0.717) is 17.5 Å². The van der Waals surface area contributed by atoms with Gasteiger partial charge in [0.1, 0.15) is 0 Å². The molecule has 1 N–H and O–H groups in total. The molecule has 2 aromatic carbocycles. The number of benzene rings is 2. The Hall–Kier alpha value is -1.94. The Morgan fingerprint density at radius 1 is 1.20 bits per heavy atom. The lowest BCUT2D eigenvalue weighted by Crippen LogP contribution is -2.04. The van der Waals surface area contributed by atoms with E-state index < -0.39 is 0 Å². The number of aryl methyl sites for hydroxylation is 1. The summed E-state index contributed by atoms with van der Waals surface area (Å²) in [5, 5.41) is 2.77. The molecule has 0 fully saturated rings. The summed E-state index contributed by atoms with van der Waals surface area (Å²) in [5.74, 6) is -0.0471. The Morgan fingerprint density at radius 3 is 2.80 bits per heavy atom. The molecule has 0 unspecified atom stereocenters. The summed E-state index contributed by atoms with van der Waals surface area (Å²) in [6, 6.07) is 11.0. The fourth-order valence-corrected chi connectivity index (χ4v) is 2.73. The first-order valence-electron chi connectivity index (χ1n) is 6.28. The molecule has 0 atom stereocenters. The highest BCUT2D eigenvalue weighted by molar-refractivity contribution is 9.10. The molecule has 1 heterocycles. The predicted molar refractivity (Wildman–Crippen MR) is 81.1 cm³/mol. The number of ketones is 1. The molecular formula is C16H12BrNO2. The Kier molecular flexibility index (Phi) is 3.18. The molecule has 0 radical (unpaired) electrons. The van der Waals surface area contributed by atoms with E-state index in [9.17, 15) is 9.59 Å². The number of carbonyl (C=O) groups is 2. The molecule has 100 valence electrons. The van der Waals surface area contributed by atoms with Crippen LogP contribution in [0.15, 0.2) is 40.9 Å². The Labute approximate surface area is 125 Å². The summed E-state index contributed by atoms with van der Waals surface area (Å²) >= 11 is 3.39. The minimum Gasteiger partial charge on any atom is -0.326 e. The van der Waals surface area contributed by atoms with Crippen molar-refractivity contribution < 1.29 is 9.59 Å². The maximum atomic E-state index is 12.6. The first-order chi connectivity index (χ1) is 9.54. The monoisotopic (exact) mass is 329 g/mol. The van der Waals surface area contributed by atoms with Crippen LogP contribution in [0, 0.1) is 6.92 Å². The normalized spacial score (nSPS) is 13.0. The molecule has 1 aliphatic heterocycles. The molecule has 0 saturated carbocycles. The van der Waals surface area contributed by atoms with E-state index in [1.165, 1.54) is 0 Å². The van der Waals surface area contributed by atoms with Gasteiger partial charge in [-0.1, -0.05) is 22.0 Å². The first-order valence-corrected chi connectivity index (χ1v) is 7.07. The highest BCUT2D eigenvalue weighted by Gasteiger charge is 2.20. The van der Waals surface area contributed by atoms with Crippen molar-refractivity contribution in [3.8, 4) is 0 Å². The van der Waals surface area contributed by atoms with E-state index in [0.717, 1.165) is 21.3 Å². The van der Waals surface area contributed by atoms with Gasteiger partial charge in [0.2, 0.25) is 5.91 Å². The SMILES string of the molecule is Cc1ccc(Br)cc1C(=O)c1ccc2c(c1)CC(=O)N2. The van der Waals surface area contributed by atoms with Gasteiger partial charge in [-0.3, -0.25) is 9.59 Å². The van der Waals surface area contributed by atoms with Gasteiger partial charge in [-0.15, -0.1) is 0 Å². The molecule has 2 aromatic rings. The minimum absolute atomic E-state index is 0.0223. The van der Waals surface area contributed by atoms with Crippen LogP contribution in [-0.4, -0.2) is 11.7 Å². The molecule has 3 nitrogen and oxygen atoms in total. The van der Waals surface area contributed by atoms with E-state index in [1.54, 1.807) is 18.2 Å². The third-order valence-corrected chi connectivity index (χ3v) is 3.93. The average molecular weight is 330 g/mol. The van der Waals surface area contributed by atoms with Crippen molar-refractivity contribution in [3.05, 3.63) is 63.1 Å². The van der Waals surface area contributed by atoms with Crippen molar-refractivity contribution in [1.29, 1.82) is 0 Å². The Bertz CT molecular complexity index is 737. The smallest absolute Gasteiger partial charge is 0.228 e. The number of hydrogen-bond acceptors (Lipinski definition) is 2. The van der Waals surface area contributed by atoms with Crippen molar-refractivity contribution in [1.82, 2.24) is 0 Å². The zero-order valence-corrected chi connectivity index (χ0v) is 12.5. The van der Waals surface area contributed by atoms with Crippen LogP contribution in [0.1, 0.15) is 27.0 Å². The molecule has 0 bridgehead atoms. The molecule has 0 saturated heterocycles. The number of amides is 1. The summed E-state index contributed by atoms with van der Waals surface area (Å²) in [7, 11) is 0. The van der Waals surface area contributed by atoms with Crippen LogP contribution >= 0.6 is 15.9 Å². The number of anilines is 1. The van der Waals surface area contributed by atoms with Gasteiger partial charge in [0.25, 0.3) is 0 Å². The second-order valence-corrected chi connectivity index (χ2v) is 5.80. The van der Waals surface area contributed by atoms with Gasteiger partial charge in [0, 0.05) is 21.3 Å². The number of carbonyl (C=O) groups excluding carboxylic acids is 2. The van der Waals surface area contributed by atoms with Crippen molar-refractivity contribution in [2.24, 2.45) is 0 Å². The van der Waals surface area contributed by atoms with E-state index in [4.69, 9.17) is 0 Å². The first kappa shape index (κ1) is 13.1. The molecule has 0 aliphatic carbocycles. The quantitative estimate of drug-likeness (QED) is 0.857. The van der Waals surface area contributed by atoms with E-state index in [1.807, 2.05) is 25.1 Å². The summed E-state index contributed by atoms with van der Waals surface area (Å²) in [6.07, 6.45) is 0.341. The topological polar surface area (TPSA) is 46.2 Å². The molecule has 20 heavy (non-hydrogen) atoms. The van der Waals surface area contributed by atoms with Crippen LogP contribution in [0.25, 0.3) is 0 Å². The fourth-order valence-electron chi connectivity index (χ4n) is 2.36. The van der Waals surface area contributed by atoms with Crippen LogP contribution in [0.4, 0.5) is 5.69 Å².